The average molecular weight is 588 g/mol. The monoisotopic (exact) mass is 587 g/mol. The maximum Gasteiger partial charge on any atom is 0.164 e. The van der Waals surface area contributed by atoms with Crippen LogP contribution in [0, 0.1) is 17.8 Å². The number of carbonyl (C=O) groups excluding carboxylic acids is 2. The standard InChI is InChI=1S/C33H33NO7S/c1-40-28-12-8-19(13-26(28)37)7-10-22(35)15-27(38)30-24-17-42-18-34(24)33(16-21-5-3-4-6-23(21)32(33)39)31(30)20-9-11-25(36)29(14-20)41-2/h3-15,21,23-24,30-31,35-37H,16-18H2,1-2H3/b10-7+,22-15-. The van der Waals surface area contributed by atoms with Crippen LogP contribution < -0.4 is 9.47 Å². The van der Waals surface area contributed by atoms with E-state index in [0.29, 0.717) is 29.4 Å². The Kier molecular flexibility index (Phi) is 7.41. The molecule has 3 N–H and O–H groups in total. The van der Waals surface area contributed by atoms with Crippen molar-refractivity contribution in [1.29, 1.82) is 0 Å². The zero-order valence-electron chi connectivity index (χ0n) is 23.3. The molecule has 6 unspecified atom stereocenters. The number of ether oxygens (including phenoxy) is 2. The van der Waals surface area contributed by atoms with Crippen molar-refractivity contribution in [2.45, 2.75) is 23.9 Å². The molecule has 42 heavy (non-hydrogen) atoms. The van der Waals surface area contributed by atoms with Gasteiger partial charge in [0, 0.05) is 41.5 Å². The van der Waals surface area contributed by atoms with E-state index in [2.05, 4.69) is 11.0 Å². The van der Waals surface area contributed by atoms with Crippen LogP contribution >= 0.6 is 11.8 Å². The molecule has 2 aromatic rings. The number of nitrogens with zero attached hydrogens (tertiary/aromatic N) is 1. The van der Waals surface area contributed by atoms with Crippen LogP contribution in [0.4, 0.5) is 0 Å². The van der Waals surface area contributed by atoms with Crippen LogP contribution in [0.2, 0.25) is 0 Å². The number of carbonyl (C=O) groups is 2. The van der Waals surface area contributed by atoms with Crippen LogP contribution in [0.25, 0.3) is 6.08 Å². The van der Waals surface area contributed by atoms with Crippen molar-refractivity contribution in [1.82, 2.24) is 4.90 Å². The predicted octanol–water partition coefficient (Wildman–Crippen LogP) is 5.00. The third kappa shape index (κ3) is 4.51. The second-order valence-electron chi connectivity index (χ2n) is 11.2. The number of Topliss-reactive ketones (excluding diaryl/α,β-unsaturated/α-hetero) is 1. The molecule has 0 bridgehead atoms. The SMILES string of the molecule is COc1ccc(/C=C/C(O)=C/C(=O)C2C3CSCN3C3(CC4C=CC=CC4C3=O)C2c2ccc(O)c(OC)c2)cc1O. The van der Waals surface area contributed by atoms with Crippen LogP contribution in [0.3, 0.4) is 0 Å². The van der Waals surface area contributed by atoms with E-state index in [1.807, 2.05) is 18.2 Å². The quantitative estimate of drug-likeness (QED) is 0.234. The number of fused-ring (bicyclic) bond motifs is 3. The van der Waals surface area contributed by atoms with Gasteiger partial charge in [0.25, 0.3) is 0 Å². The Bertz CT molecular complexity index is 1540. The van der Waals surface area contributed by atoms with Crippen molar-refractivity contribution in [3.63, 3.8) is 0 Å². The Balaban J connectivity index is 1.40. The molecule has 1 saturated carbocycles. The number of rotatable bonds is 7. The van der Waals surface area contributed by atoms with E-state index in [0.717, 1.165) is 5.56 Å². The first-order chi connectivity index (χ1) is 20.3. The van der Waals surface area contributed by atoms with Gasteiger partial charge >= 0.3 is 0 Å². The van der Waals surface area contributed by atoms with Gasteiger partial charge in [0.15, 0.2) is 34.6 Å². The summed E-state index contributed by atoms with van der Waals surface area (Å²) in [6.45, 7) is 0. The molecule has 0 aromatic heterocycles. The summed E-state index contributed by atoms with van der Waals surface area (Å²) in [5.74, 6) is 0.170. The highest BCUT2D eigenvalue weighted by Gasteiger charge is 2.69. The minimum Gasteiger partial charge on any atom is -0.508 e. The lowest BCUT2D eigenvalue weighted by Gasteiger charge is -2.38. The van der Waals surface area contributed by atoms with Gasteiger partial charge in [-0.3, -0.25) is 14.5 Å². The number of allylic oxidation sites excluding steroid dienone is 6. The topological polar surface area (TPSA) is 117 Å². The summed E-state index contributed by atoms with van der Waals surface area (Å²) in [5, 5.41) is 31.2. The summed E-state index contributed by atoms with van der Waals surface area (Å²) in [6, 6.07) is 9.70. The van der Waals surface area contributed by atoms with Crippen molar-refractivity contribution in [2.75, 3.05) is 25.8 Å². The minimum absolute atomic E-state index is 0.0169. The first-order valence-electron chi connectivity index (χ1n) is 13.9. The number of benzene rings is 2. The number of aliphatic hydroxyl groups excluding tert-OH is 1. The molecule has 9 heteroatoms. The highest BCUT2D eigenvalue weighted by Crippen LogP contribution is 2.61. The average Bonchev–Trinajstić information content (AvgIpc) is 3.65. The number of methoxy groups -OCH3 is 2. The first-order valence-corrected chi connectivity index (χ1v) is 15.0. The molecular formula is C33H33NO7S. The molecule has 2 aromatic carbocycles. The van der Waals surface area contributed by atoms with Gasteiger partial charge in [-0.25, -0.2) is 0 Å². The Hall–Kier alpha value is -3.95. The maximum atomic E-state index is 14.4. The third-order valence-electron chi connectivity index (χ3n) is 9.08. The molecule has 2 saturated heterocycles. The van der Waals surface area contributed by atoms with Crippen LogP contribution in [-0.4, -0.2) is 69.2 Å². The minimum atomic E-state index is -0.912. The predicted molar refractivity (Wildman–Crippen MR) is 161 cm³/mol. The van der Waals surface area contributed by atoms with E-state index >= 15 is 0 Å². The van der Waals surface area contributed by atoms with E-state index < -0.39 is 17.4 Å². The van der Waals surface area contributed by atoms with Crippen LogP contribution in [0.1, 0.15) is 23.5 Å². The summed E-state index contributed by atoms with van der Waals surface area (Å²) >= 11 is 1.71. The number of thioether (sulfide) groups is 1. The fraction of sp³-hybridized carbons (Fsp3) is 0.333. The van der Waals surface area contributed by atoms with Gasteiger partial charge in [0.2, 0.25) is 0 Å². The largest absolute Gasteiger partial charge is 0.508 e. The summed E-state index contributed by atoms with van der Waals surface area (Å²) in [6.07, 6.45) is 12.8. The number of hydrogen-bond donors (Lipinski definition) is 3. The molecule has 2 heterocycles. The number of phenols is 2. The fourth-order valence-corrected chi connectivity index (χ4v) is 8.64. The number of phenolic OH excluding ortho intramolecular Hbond substituents is 2. The Labute approximate surface area is 248 Å². The van der Waals surface area contributed by atoms with Crippen molar-refractivity contribution in [2.24, 2.45) is 17.8 Å². The molecule has 4 aliphatic rings. The molecular weight excluding hydrogens is 554 g/mol. The second-order valence-corrected chi connectivity index (χ2v) is 12.2. The molecule has 0 radical (unpaired) electrons. The first kappa shape index (κ1) is 28.2. The summed E-state index contributed by atoms with van der Waals surface area (Å²) in [4.78, 5) is 30.8. The van der Waals surface area contributed by atoms with Crippen LogP contribution in [-0.2, 0) is 9.59 Å². The second kappa shape index (κ2) is 11.0. The van der Waals surface area contributed by atoms with E-state index in [9.17, 15) is 24.9 Å². The Morgan fingerprint density at radius 1 is 1.05 bits per heavy atom. The van der Waals surface area contributed by atoms with Gasteiger partial charge in [0.1, 0.15) is 5.76 Å². The zero-order chi connectivity index (χ0) is 29.6. The third-order valence-corrected chi connectivity index (χ3v) is 10.1. The lowest BCUT2D eigenvalue weighted by atomic mass is 9.71. The molecule has 218 valence electrons. The van der Waals surface area contributed by atoms with Gasteiger partial charge < -0.3 is 24.8 Å². The Morgan fingerprint density at radius 2 is 1.83 bits per heavy atom. The van der Waals surface area contributed by atoms with Crippen molar-refractivity contribution in [3.8, 4) is 23.0 Å². The lowest BCUT2D eigenvalue weighted by Crippen LogP contribution is -2.52. The van der Waals surface area contributed by atoms with Gasteiger partial charge in [0.05, 0.1) is 19.8 Å². The Morgan fingerprint density at radius 3 is 2.57 bits per heavy atom. The molecule has 6 rings (SSSR count). The number of hydrogen-bond acceptors (Lipinski definition) is 9. The van der Waals surface area contributed by atoms with Crippen molar-refractivity contribution in [3.05, 3.63) is 89.7 Å². The molecule has 3 fully saturated rings. The fourth-order valence-electron chi connectivity index (χ4n) is 7.29. The number of ketones is 2. The van der Waals surface area contributed by atoms with Crippen molar-refractivity contribution >= 4 is 29.4 Å². The maximum absolute atomic E-state index is 14.4. The normalized spacial score (nSPS) is 30.3. The summed E-state index contributed by atoms with van der Waals surface area (Å²) in [5.41, 5.74) is 0.456. The van der Waals surface area contributed by atoms with E-state index in [1.54, 1.807) is 48.2 Å². The highest BCUT2D eigenvalue weighted by atomic mass is 32.2. The number of aromatic hydroxyl groups is 2. The van der Waals surface area contributed by atoms with Gasteiger partial charge in [-0.15, -0.1) is 11.8 Å². The highest BCUT2D eigenvalue weighted by molar-refractivity contribution is 7.99. The molecule has 2 aliphatic heterocycles. The molecule has 0 amide bonds. The van der Waals surface area contributed by atoms with Crippen molar-refractivity contribution < 1.29 is 34.4 Å². The smallest absolute Gasteiger partial charge is 0.164 e. The summed E-state index contributed by atoms with van der Waals surface area (Å²) < 4.78 is 10.5. The van der Waals surface area contributed by atoms with E-state index in [1.165, 1.54) is 32.4 Å². The van der Waals surface area contributed by atoms with Gasteiger partial charge in [-0.05, 0) is 53.8 Å². The van der Waals surface area contributed by atoms with Gasteiger partial charge in [-0.2, -0.15) is 0 Å². The zero-order valence-corrected chi connectivity index (χ0v) is 24.2. The van der Waals surface area contributed by atoms with Crippen LogP contribution in [0.5, 0.6) is 23.0 Å². The number of aliphatic hydroxyl groups is 1. The molecule has 2 aliphatic carbocycles. The molecule has 8 nitrogen and oxygen atoms in total. The van der Waals surface area contributed by atoms with Gasteiger partial charge in [-0.1, -0.05) is 42.5 Å². The lowest BCUT2D eigenvalue weighted by molar-refractivity contribution is -0.129. The molecule has 6 atom stereocenters. The van der Waals surface area contributed by atoms with E-state index in [4.69, 9.17) is 9.47 Å². The summed E-state index contributed by atoms with van der Waals surface area (Å²) in [7, 11) is 2.94. The van der Waals surface area contributed by atoms with Crippen LogP contribution in [0.15, 0.2) is 78.6 Å². The van der Waals surface area contributed by atoms with E-state index in [-0.39, 0.29) is 52.5 Å². The molecule has 1 spiro atoms.